The van der Waals surface area contributed by atoms with Crippen LogP contribution >= 0.6 is 11.8 Å². The SMILES string of the molecule is CC[C@@H](C(=O)NC1CCCC1)N(CCc1ccccc1)C(=O)CSCc1ccc(OC)cc1. The van der Waals surface area contributed by atoms with Crippen molar-refractivity contribution in [1.82, 2.24) is 10.2 Å². The number of thioether (sulfide) groups is 1. The van der Waals surface area contributed by atoms with Crippen LogP contribution < -0.4 is 10.1 Å². The number of ether oxygens (including phenoxy) is 1. The molecule has 1 atom stereocenters. The number of rotatable bonds is 12. The summed E-state index contributed by atoms with van der Waals surface area (Å²) in [4.78, 5) is 28.2. The minimum absolute atomic E-state index is 0.00836. The molecule has 1 N–H and O–H groups in total. The highest BCUT2D eigenvalue weighted by Gasteiger charge is 2.30. The Morgan fingerprint density at radius 1 is 1.06 bits per heavy atom. The molecule has 33 heavy (non-hydrogen) atoms. The van der Waals surface area contributed by atoms with Crippen molar-refractivity contribution in [2.75, 3.05) is 19.4 Å². The molecule has 2 aromatic rings. The summed E-state index contributed by atoms with van der Waals surface area (Å²) in [5.74, 6) is 1.94. The van der Waals surface area contributed by atoms with E-state index in [1.54, 1.807) is 23.8 Å². The van der Waals surface area contributed by atoms with Gasteiger partial charge in [0, 0.05) is 18.3 Å². The smallest absolute Gasteiger partial charge is 0.243 e. The molecule has 0 unspecified atom stereocenters. The predicted octanol–water partition coefficient (Wildman–Crippen LogP) is 4.84. The highest BCUT2D eigenvalue weighted by atomic mass is 32.2. The van der Waals surface area contributed by atoms with Crippen LogP contribution in [-0.2, 0) is 21.8 Å². The highest BCUT2D eigenvalue weighted by Crippen LogP contribution is 2.20. The minimum Gasteiger partial charge on any atom is -0.497 e. The molecule has 0 saturated heterocycles. The first-order chi connectivity index (χ1) is 16.1. The Morgan fingerprint density at radius 3 is 2.39 bits per heavy atom. The van der Waals surface area contributed by atoms with Crippen molar-refractivity contribution in [2.24, 2.45) is 0 Å². The van der Waals surface area contributed by atoms with E-state index in [4.69, 9.17) is 4.74 Å². The summed E-state index contributed by atoms with van der Waals surface area (Å²) in [7, 11) is 1.65. The fourth-order valence-corrected chi connectivity index (χ4v) is 5.19. The van der Waals surface area contributed by atoms with Crippen LogP contribution in [0.25, 0.3) is 0 Å². The molecule has 178 valence electrons. The average Bonchev–Trinajstić information content (AvgIpc) is 3.35. The molecule has 0 bridgehead atoms. The van der Waals surface area contributed by atoms with Crippen LogP contribution in [0.1, 0.15) is 50.2 Å². The van der Waals surface area contributed by atoms with E-state index in [2.05, 4.69) is 17.4 Å². The fourth-order valence-electron chi connectivity index (χ4n) is 4.32. The second-order valence-electron chi connectivity index (χ2n) is 8.58. The molecule has 0 aliphatic heterocycles. The second-order valence-corrected chi connectivity index (χ2v) is 9.56. The molecule has 0 spiro atoms. The van der Waals surface area contributed by atoms with Crippen molar-refractivity contribution in [3.63, 3.8) is 0 Å². The Balaban J connectivity index is 1.62. The van der Waals surface area contributed by atoms with E-state index in [1.165, 1.54) is 18.4 Å². The van der Waals surface area contributed by atoms with Crippen molar-refractivity contribution in [1.29, 1.82) is 0 Å². The highest BCUT2D eigenvalue weighted by molar-refractivity contribution is 7.99. The number of carbonyl (C=O) groups excluding carboxylic acids is 2. The lowest BCUT2D eigenvalue weighted by Crippen LogP contribution is -2.52. The maximum Gasteiger partial charge on any atom is 0.243 e. The molecule has 0 aromatic heterocycles. The molecule has 2 aromatic carbocycles. The van der Waals surface area contributed by atoms with Crippen LogP contribution in [0.15, 0.2) is 54.6 Å². The summed E-state index contributed by atoms with van der Waals surface area (Å²) in [6, 6.07) is 17.9. The van der Waals surface area contributed by atoms with Gasteiger partial charge in [0.1, 0.15) is 11.8 Å². The van der Waals surface area contributed by atoms with Crippen molar-refractivity contribution < 1.29 is 14.3 Å². The van der Waals surface area contributed by atoms with Crippen LogP contribution in [-0.4, -0.2) is 48.2 Å². The molecular weight excluding hydrogens is 432 g/mol. The van der Waals surface area contributed by atoms with Crippen LogP contribution in [0.5, 0.6) is 5.75 Å². The van der Waals surface area contributed by atoms with E-state index in [0.29, 0.717) is 18.7 Å². The number of hydrogen-bond acceptors (Lipinski definition) is 4. The lowest BCUT2D eigenvalue weighted by atomic mass is 10.1. The molecule has 6 heteroatoms. The minimum atomic E-state index is -0.427. The van der Waals surface area contributed by atoms with Crippen molar-refractivity contribution in [2.45, 2.75) is 63.3 Å². The summed E-state index contributed by atoms with van der Waals surface area (Å²) in [6.45, 7) is 2.54. The predicted molar refractivity (Wildman–Crippen MR) is 135 cm³/mol. The number of carbonyl (C=O) groups is 2. The third-order valence-electron chi connectivity index (χ3n) is 6.22. The van der Waals surface area contributed by atoms with Gasteiger partial charge in [-0.25, -0.2) is 0 Å². The van der Waals surface area contributed by atoms with E-state index in [0.717, 1.165) is 36.3 Å². The molecule has 2 amide bonds. The molecule has 5 nitrogen and oxygen atoms in total. The van der Waals surface area contributed by atoms with Gasteiger partial charge in [-0.05, 0) is 48.9 Å². The zero-order valence-corrected chi connectivity index (χ0v) is 20.6. The van der Waals surface area contributed by atoms with Crippen LogP contribution in [0.3, 0.4) is 0 Å². The molecule has 1 aliphatic carbocycles. The number of amides is 2. The summed E-state index contributed by atoms with van der Waals surface area (Å²) >= 11 is 1.59. The molecule has 1 fully saturated rings. The zero-order valence-electron chi connectivity index (χ0n) is 19.8. The first-order valence-electron chi connectivity index (χ1n) is 11.9. The van der Waals surface area contributed by atoms with E-state index < -0.39 is 6.04 Å². The largest absolute Gasteiger partial charge is 0.497 e. The van der Waals surface area contributed by atoms with Gasteiger partial charge in [-0.2, -0.15) is 0 Å². The number of hydrogen-bond donors (Lipinski definition) is 1. The summed E-state index contributed by atoms with van der Waals surface area (Å²) in [5, 5.41) is 3.20. The lowest BCUT2D eigenvalue weighted by Gasteiger charge is -2.31. The quantitative estimate of drug-likeness (QED) is 0.484. The van der Waals surface area contributed by atoms with E-state index >= 15 is 0 Å². The van der Waals surface area contributed by atoms with Crippen LogP contribution in [0.4, 0.5) is 0 Å². The summed E-state index contributed by atoms with van der Waals surface area (Å²) in [5.41, 5.74) is 2.32. The molecule has 3 rings (SSSR count). The Morgan fingerprint density at radius 2 is 1.76 bits per heavy atom. The first kappa shape index (κ1) is 25.2. The van der Waals surface area contributed by atoms with Gasteiger partial charge >= 0.3 is 0 Å². The average molecular weight is 469 g/mol. The van der Waals surface area contributed by atoms with Gasteiger partial charge in [0.2, 0.25) is 11.8 Å². The van der Waals surface area contributed by atoms with E-state index in [-0.39, 0.29) is 17.9 Å². The van der Waals surface area contributed by atoms with Gasteiger partial charge in [-0.3, -0.25) is 9.59 Å². The zero-order chi connectivity index (χ0) is 23.5. The summed E-state index contributed by atoms with van der Waals surface area (Å²) in [6.07, 6.45) is 5.77. The topological polar surface area (TPSA) is 58.6 Å². The number of nitrogens with zero attached hydrogens (tertiary/aromatic N) is 1. The second kappa shape index (κ2) is 13.3. The molecule has 0 heterocycles. The molecule has 1 aliphatic rings. The van der Waals surface area contributed by atoms with E-state index in [1.807, 2.05) is 49.4 Å². The Labute approximate surface area is 202 Å². The first-order valence-corrected chi connectivity index (χ1v) is 13.1. The number of benzene rings is 2. The van der Waals surface area contributed by atoms with Crippen molar-refractivity contribution >= 4 is 23.6 Å². The maximum absolute atomic E-state index is 13.3. The van der Waals surface area contributed by atoms with E-state index in [9.17, 15) is 9.59 Å². The standard InChI is InChI=1S/C27H36N2O3S/c1-3-25(27(31)28-23-11-7-8-12-23)29(18-17-21-9-5-4-6-10-21)26(30)20-33-19-22-13-15-24(32-2)16-14-22/h4-6,9-10,13-16,23,25H,3,7-8,11-12,17-20H2,1-2H3,(H,28,31)/t25-/m0/s1. The summed E-state index contributed by atoms with van der Waals surface area (Å²) < 4.78 is 5.21. The van der Waals surface area contributed by atoms with Crippen LogP contribution in [0.2, 0.25) is 0 Å². The normalized spacial score (nSPS) is 14.6. The third-order valence-corrected chi connectivity index (χ3v) is 7.21. The van der Waals surface area contributed by atoms with Gasteiger partial charge in [0.25, 0.3) is 0 Å². The molecule has 1 saturated carbocycles. The van der Waals surface area contributed by atoms with Crippen molar-refractivity contribution in [3.8, 4) is 5.75 Å². The number of nitrogens with one attached hydrogen (secondary N) is 1. The Hall–Kier alpha value is -2.47. The molecular formula is C27H36N2O3S. The lowest BCUT2D eigenvalue weighted by molar-refractivity contribution is -0.139. The number of methoxy groups -OCH3 is 1. The fraction of sp³-hybridized carbons (Fsp3) is 0.481. The van der Waals surface area contributed by atoms with Gasteiger partial charge < -0.3 is 15.0 Å². The van der Waals surface area contributed by atoms with Gasteiger partial charge in [-0.15, -0.1) is 11.8 Å². The van der Waals surface area contributed by atoms with Crippen molar-refractivity contribution in [3.05, 3.63) is 65.7 Å². The van der Waals surface area contributed by atoms with Gasteiger partial charge in [0.05, 0.1) is 12.9 Å². The van der Waals surface area contributed by atoms with Gasteiger partial charge in [-0.1, -0.05) is 62.2 Å². The third kappa shape index (κ3) is 7.81. The molecule has 0 radical (unpaired) electrons. The maximum atomic E-state index is 13.3. The Kier molecular flexibility index (Phi) is 10.1. The van der Waals surface area contributed by atoms with Crippen LogP contribution in [0, 0.1) is 0 Å². The monoisotopic (exact) mass is 468 g/mol. The Bertz CT molecular complexity index is 867. The van der Waals surface area contributed by atoms with Gasteiger partial charge in [0.15, 0.2) is 0 Å².